The zero-order chi connectivity index (χ0) is 41.9. The molecule has 1 unspecified atom stereocenters. The lowest BCUT2D eigenvalue weighted by Crippen LogP contribution is -2.52. The molecule has 1 fully saturated rings. The van der Waals surface area contributed by atoms with Crippen molar-refractivity contribution in [3.05, 3.63) is 141 Å². The van der Waals surface area contributed by atoms with E-state index in [2.05, 4.69) is 25.9 Å². The van der Waals surface area contributed by atoms with E-state index in [0.717, 1.165) is 0 Å². The van der Waals surface area contributed by atoms with E-state index in [1.807, 2.05) is 0 Å². The standard InChI is InChI=1S/C44H36ClF2N7O6/c45-27-10-13-30-32(19-27)40(38-34(46)6-2-7-35(38)47)49-20-26-21-50-44(53-39(26)30)51-28-11-8-24(9-12-28)41(57)48-16-3-17-60-23-29(55)18-25-4-1-5-31-33(25)22-54(43(31)59)36-14-15-37(56)52-42(36)58/h1-2,4-13,19,21,36H,3,14-18,20,22-23H2,(H,48,57)(H,50,51,53)(H,52,56,58). The fourth-order valence-corrected chi connectivity index (χ4v) is 7.67. The van der Waals surface area contributed by atoms with Crippen LogP contribution in [-0.4, -0.2) is 75.8 Å². The lowest BCUT2D eigenvalue weighted by atomic mass is 9.95. The Hall–Kier alpha value is -6.71. The van der Waals surface area contributed by atoms with Gasteiger partial charge in [-0.15, -0.1) is 0 Å². The molecule has 1 aromatic heterocycles. The Morgan fingerprint density at radius 2 is 1.73 bits per heavy atom. The number of imide groups is 1. The van der Waals surface area contributed by atoms with Gasteiger partial charge in [0.2, 0.25) is 17.8 Å². The van der Waals surface area contributed by atoms with Gasteiger partial charge in [0.25, 0.3) is 11.8 Å². The first-order chi connectivity index (χ1) is 29.0. The van der Waals surface area contributed by atoms with Gasteiger partial charge in [-0.3, -0.25) is 34.3 Å². The predicted molar refractivity (Wildman–Crippen MR) is 217 cm³/mol. The molecule has 0 saturated carbocycles. The number of amides is 4. The van der Waals surface area contributed by atoms with E-state index in [-0.39, 0.29) is 86.3 Å². The maximum absolute atomic E-state index is 14.9. The number of carbonyl (C=O) groups is 5. The number of anilines is 2. The molecule has 13 nitrogen and oxygen atoms in total. The van der Waals surface area contributed by atoms with Crippen molar-refractivity contribution >= 4 is 58.4 Å². The van der Waals surface area contributed by atoms with Crippen molar-refractivity contribution in [3.63, 3.8) is 0 Å². The summed E-state index contributed by atoms with van der Waals surface area (Å²) < 4.78 is 35.4. The second-order valence-electron chi connectivity index (χ2n) is 14.4. The quantitative estimate of drug-likeness (QED) is 0.0969. The number of aromatic nitrogens is 2. The summed E-state index contributed by atoms with van der Waals surface area (Å²) in [5.41, 5.74) is 4.90. The van der Waals surface area contributed by atoms with Crippen molar-refractivity contribution in [3.8, 4) is 11.3 Å². The summed E-state index contributed by atoms with van der Waals surface area (Å²) in [5.74, 6) is -2.87. The number of carbonyl (C=O) groups excluding carboxylic acids is 5. The molecular formula is C44H36ClF2N7O6. The van der Waals surface area contributed by atoms with Crippen LogP contribution in [0.2, 0.25) is 5.02 Å². The van der Waals surface area contributed by atoms with E-state index < -0.39 is 23.6 Å². The smallest absolute Gasteiger partial charge is 0.255 e. The first-order valence-electron chi connectivity index (χ1n) is 19.2. The largest absolute Gasteiger partial charge is 0.374 e. The van der Waals surface area contributed by atoms with E-state index in [1.165, 1.54) is 23.1 Å². The molecule has 0 aliphatic carbocycles. The zero-order valence-corrected chi connectivity index (χ0v) is 32.7. The molecule has 3 aliphatic heterocycles. The first kappa shape index (κ1) is 40.1. The van der Waals surface area contributed by atoms with Crippen molar-refractivity contribution in [2.24, 2.45) is 4.99 Å². The highest BCUT2D eigenvalue weighted by atomic mass is 35.5. The maximum atomic E-state index is 14.9. The predicted octanol–water partition coefficient (Wildman–Crippen LogP) is 5.88. The van der Waals surface area contributed by atoms with Crippen LogP contribution < -0.4 is 16.0 Å². The van der Waals surface area contributed by atoms with Gasteiger partial charge in [-0.25, -0.2) is 18.7 Å². The summed E-state index contributed by atoms with van der Waals surface area (Å²) in [5, 5.41) is 8.64. The summed E-state index contributed by atoms with van der Waals surface area (Å²) in [4.78, 5) is 77.9. The summed E-state index contributed by atoms with van der Waals surface area (Å²) in [7, 11) is 0. The Labute approximate surface area is 347 Å². The van der Waals surface area contributed by atoms with Crippen molar-refractivity contribution in [2.75, 3.05) is 25.1 Å². The Balaban J connectivity index is 0.809. The van der Waals surface area contributed by atoms with E-state index in [1.54, 1.807) is 66.9 Å². The minimum Gasteiger partial charge on any atom is -0.374 e. The van der Waals surface area contributed by atoms with E-state index in [4.69, 9.17) is 21.3 Å². The summed E-state index contributed by atoms with van der Waals surface area (Å²) >= 11 is 6.33. The highest BCUT2D eigenvalue weighted by Crippen LogP contribution is 2.35. The van der Waals surface area contributed by atoms with Crippen molar-refractivity contribution in [2.45, 2.75) is 44.8 Å². The number of rotatable bonds is 13. The summed E-state index contributed by atoms with van der Waals surface area (Å²) in [6, 6.07) is 19.8. The van der Waals surface area contributed by atoms with E-state index >= 15 is 0 Å². The topological polar surface area (TPSA) is 172 Å². The van der Waals surface area contributed by atoms with Gasteiger partial charge in [0.1, 0.15) is 24.3 Å². The number of nitrogens with one attached hydrogen (secondary N) is 3. The molecule has 304 valence electrons. The van der Waals surface area contributed by atoms with Crippen LogP contribution in [0, 0.1) is 11.6 Å². The maximum Gasteiger partial charge on any atom is 0.255 e. The highest BCUT2D eigenvalue weighted by Gasteiger charge is 2.40. The number of piperidine rings is 1. The van der Waals surface area contributed by atoms with Gasteiger partial charge in [-0.2, -0.15) is 0 Å². The minimum atomic E-state index is -0.747. The molecule has 1 atom stereocenters. The number of halogens is 3. The third-order valence-corrected chi connectivity index (χ3v) is 10.7. The minimum absolute atomic E-state index is 0.0539. The molecule has 1 saturated heterocycles. The van der Waals surface area contributed by atoms with Crippen LogP contribution in [0.3, 0.4) is 0 Å². The van der Waals surface area contributed by atoms with Crippen LogP contribution in [0.4, 0.5) is 20.4 Å². The number of hydrogen-bond donors (Lipinski definition) is 3. The Morgan fingerprint density at radius 1 is 0.950 bits per heavy atom. The molecule has 0 radical (unpaired) electrons. The second kappa shape index (κ2) is 17.3. The van der Waals surface area contributed by atoms with Crippen molar-refractivity contribution < 1.29 is 37.5 Å². The van der Waals surface area contributed by atoms with Crippen LogP contribution in [0.5, 0.6) is 0 Å². The van der Waals surface area contributed by atoms with Gasteiger partial charge in [-0.05, 0) is 78.6 Å². The molecule has 5 aromatic rings. The lowest BCUT2D eigenvalue weighted by molar-refractivity contribution is -0.137. The monoisotopic (exact) mass is 831 g/mol. The molecule has 0 bridgehead atoms. The van der Waals surface area contributed by atoms with Gasteiger partial charge in [-0.1, -0.05) is 35.9 Å². The molecular weight excluding hydrogens is 796 g/mol. The normalized spacial score (nSPS) is 15.7. The van der Waals surface area contributed by atoms with Gasteiger partial charge in [0.15, 0.2) is 5.78 Å². The SMILES string of the molecule is O=C(COCCCNC(=O)c1ccc(Nc2ncc3c(n2)-c2ccc(Cl)cc2C(c2c(F)cccc2F)=NC3)cc1)Cc1cccc2c1CN(C1CCC(=O)NC1=O)C2=O. The molecule has 3 N–H and O–H groups in total. The van der Waals surface area contributed by atoms with E-state index in [9.17, 15) is 32.8 Å². The average Bonchev–Trinajstić information content (AvgIpc) is 3.48. The van der Waals surface area contributed by atoms with Crippen LogP contribution in [0.25, 0.3) is 11.3 Å². The second-order valence-corrected chi connectivity index (χ2v) is 14.9. The summed E-state index contributed by atoms with van der Waals surface area (Å²) in [6.07, 6.45) is 2.53. The molecule has 3 aliphatic rings. The molecule has 0 spiro atoms. The number of Topliss-reactive ketones (excluding diaryl/α,β-unsaturated/α-hetero) is 1. The van der Waals surface area contributed by atoms with Gasteiger partial charge in [0.05, 0.1) is 23.5 Å². The van der Waals surface area contributed by atoms with Gasteiger partial charge >= 0.3 is 0 Å². The van der Waals surface area contributed by atoms with Gasteiger partial charge in [0, 0.05) is 77.3 Å². The van der Waals surface area contributed by atoms with Crippen LogP contribution in [0.15, 0.2) is 90.1 Å². The Morgan fingerprint density at radius 3 is 2.52 bits per heavy atom. The number of fused-ring (bicyclic) bond motifs is 4. The number of ketones is 1. The molecule has 8 rings (SSSR count). The molecule has 4 aromatic carbocycles. The number of hydrogen-bond acceptors (Lipinski definition) is 10. The number of ether oxygens (including phenoxy) is 1. The van der Waals surface area contributed by atoms with E-state index in [0.29, 0.717) is 68.3 Å². The third-order valence-electron chi connectivity index (χ3n) is 10.4. The zero-order valence-electron chi connectivity index (χ0n) is 31.9. The van der Waals surface area contributed by atoms with Crippen LogP contribution in [-0.2, 0) is 38.6 Å². The van der Waals surface area contributed by atoms with Crippen molar-refractivity contribution in [1.82, 2.24) is 25.5 Å². The number of nitrogens with zero attached hydrogens (tertiary/aromatic N) is 4. The fourth-order valence-electron chi connectivity index (χ4n) is 7.50. The highest BCUT2D eigenvalue weighted by molar-refractivity contribution is 6.31. The van der Waals surface area contributed by atoms with Gasteiger partial charge < -0.3 is 20.3 Å². The lowest BCUT2D eigenvalue weighted by Gasteiger charge is -2.29. The molecule has 4 amide bonds. The fraction of sp³-hybridized carbons (Fsp3) is 0.227. The summed E-state index contributed by atoms with van der Waals surface area (Å²) in [6.45, 7) is 0.654. The first-order valence-corrected chi connectivity index (χ1v) is 19.6. The average molecular weight is 832 g/mol. The third kappa shape index (κ3) is 8.40. The Bertz CT molecular complexity index is 2580. The van der Waals surface area contributed by atoms with Crippen LogP contribution >= 0.6 is 11.6 Å². The molecule has 4 heterocycles. The molecule has 60 heavy (non-hydrogen) atoms. The number of aliphatic imine (C=N–C) groups is 1. The van der Waals surface area contributed by atoms with Crippen molar-refractivity contribution in [1.29, 1.82) is 0 Å². The molecule has 16 heteroatoms. The van der Waals surface area contributed by atoms with Crippen LogP contribution in [0.1, 0.15) is 67.8 Å². The Kier molecular flexibility index (Phi) is 11.5. The number of benzene rings is 4.